The van der Waals surface area contributed by atoms with Crippen LogP contribution in [0.25, 0.3) is 5.82 Å². The van der Waals surface area contributed by atoms with Crippen molar-refractivity contribution >= 4 is 0 Å². The Morgan fingerprint density at radius 1 is 1.11 bits per heavy atom. The molecular weight excluding hydrogens is 236 g/mol. The smallest absolute Gasteiger partial charge is 0.159 e. The van der Waals surface area contributed by atoms with Crippen molar-refractivity contribution in [2.24, 2.45) is 0 Å². The summed E-state index contributed by atoms with van der Waals surface area (Å²) in [6.45, 7) is 6.40. The van der Waals surface area contributed by atoms with Crippen LogP contribution in [0.1, 0.15) is 29.9 Å². The highest BCUT2D eigenvalue weighted by Gasteiger charge is 2.52. The van der Waals surface area contributed by atoms with E-state index in [4.69, 9.17) is 5.10 Å². The van der Waals surface area contributed by atoms with Crippen molar-refractivity contribution in [2.45, 2.75) is 38.8 Å². The fourth-order valence-corrected chi connectivity index (χ4v) is 3.50. The molecule has 0 saturated heterocycles. The molecule has 2 aromatic heterocycles. The fraction of sp³-hybridized carbons (Fsp3) is 0.533. The molecule has 4 nitrogen and oxygen atoms in total. The van der Waals surface area contributed by atoms with Gasteiger partial charge in [0, 0.05) is 24.0 Å². The Morgan fingerprint density at radius 3 is 2.42 bits per heavy atom. The molecule has 100 valence electrons. The molecule has 0 aromatic carbocycles. The van der Waals surface area contributed by atoms with Gasteiger partial charge in [0.25, 0.3) is 0 Å². The first kappa shape index (κ1) is 11.3. The minimum atomic E-state index is 0.290. The maximum absolute atomic E-state index is 4.84. The Bertz CT molecular complexity index is 626. The highest BCUT2D eigenvalue weighted by atomic mass is 15.4. The van der Waals surface area contributed by atoms with Gasteiger partial charge in [-0.2, -0.15) is 5.10 Å². The normalized spacial score (nSPS) is 20.8. The van der Waals surface area contributed by atoms with Crippen LogP contribution in [0.4, 0.5) is 0 Å². The van der Waals surface area contributed by atoms with Crippen molar-refractivity contribution in [3.8, 4) is 5.82 Å². The molecule has 2 aliphatic rings. The van der Waals surface area contributed by atoms with E-state index in [0.717, 1.165) is 18.9 Å². The van der Waals surface area contributed by atoms with Crippen molar-refractivity contribution in [2.75, 3.05) is 13.6 Å². The Labute approximate surface area is 113 Å². The molecule has 1 aliphatic heterocycles. The zero-order valence-electron chi connectivity index (χ0n) is 11.8. The van der Waals surface area contributed by atoms with Crippen molar-refractivity contribution in [3.05, 3.63) is 35.3 Å². The van der Waals surface area contributed by atoms with Gasteiger partial charge >= 0.3 is 0 Å². The van der Waals surface area contributed by atoms with Crippen LogP contribution in [0.5, 0.6) is 0 Å². The van der Waals surface area contributed by atoms with Gasteiger partial charge in [0.2, 0.25) is 0 Å². The highest BCUT2D eigenvalue weighted by molar-refractivity contribution is 5.37. The minimum Gasteiger partial charge on any atom is -0.302 e. The number of rotatable bonds is 1. The van der Waals surface area contributed by atoms with E-state index in [1.165, 1.54) is 29.9 Å². The molecular formula is C15H20N4. The molecule has 1 spiro atoms. The molecule has 0 N–H and O–H groups in total. The summed E-state index contributed by atoms with van der Waals surface area (Å²) in [6, 6.07) is 6.61. The number of fused-ring (bicyclic) bond motifs is 2. The largest absolute Gasteiger partial charge is 0.302 e. The molecule has 0 radical (unpaired) electrons. The number of hydrogen-bond acceptors (Lipinski definition) is 2. The van der Waals surface area contributed by atoms with Crippen molar-refractivity contribution in [3.63, 3.8) is 0 Å². The van der Waals surface area contributed by atoms with Crippen LogP contribution in [0.15, 0.2) is 18.2 Å². The molecule has 1 saturated carbocycles. The molecule has 0 bridgehead atoms. The SMILES string of the molecule is Cc1ccc(C)n1-c1cc2n(n1)CCN(C)C21CC1. The Morgan fingerprint density at radius 2 is 1.79 bits per heavy atom. The van der Waals surface area contributed by atoms with E-state index in [1.54, 1.807) is 0 Å². The van der Waals surface area contributed by atoms with E-state index in [2.05, 4.69) is 53.2 Å². The van der Waals surface area contributed by atoms with Crippen LogP contribution in [0.3, 0.4) is 0 Å². The van der Waals surface area contributed by atoms with E-state index < -0.39 is 0 Å². The number of hydrogen-bond donors (Lipinski definition) is 0. The molecule has 19 heavy (non-hydrogen) atoms. The first-order valence-corrected chi connectivity index (χ1v) is 7.07. The molecule has 4 heteroatoms. The third kappa shape index (κ3) is 1.40. The predicted molar refractivity (Wildman–Crippen MR) is 74.6 cm³/mol. The first-order chi connectivity index (χ1) is 9.12. The number of aryl methyl sites for hydroxylation is 2. The molecule has 0 atom stereocenters. The summed E-state index contributed by atoms with van der Waals surface area (Å²) in [6.07, 6.45) is 2.55. The maximum atomic E-state index is 4.84. The van der Waals surface area contributed by atoms with Crippen LogP contribution in [-0.2, 0) is 12.1 Å². The van der Waals surface area contributed by atoms with Gasteiger partial charge in [-0.3, -0.25) is 9.58 Å². The topological polar surface area (TPSA) is 26.0 Å². The van der Waals surface area contributed by atoms with Gasteiger partial charge in [0.15, 0.2) is 5.82 Å². The van der Waals surface area contributed by atoms with Crippen molar-refractivity contribution < 1.29 is 0 Å². The number of aromatic nitrogens is 3. The summed E-state index contributed by atoms with van der Waals surface area (Å²) >= 11 is 0. The summed E-state index contributed by atoms with van der Waals surface area (Å²) in [5, 5.41) is 4.84. The zero-order valence-corrected chi connectivity index (χ0v) is 11.8. The molecule has 3 heterocycles. The van der Waals surface area contributed by atoms with Crippen molar-refractivity contribution in [1.82, 2.24) is 19.2 Å². The lowest BCUT2D eigenvalue weighted by atomic mass is 10.1. The van der Waals surface area contributed by atoms with Crippen LogP contribution >= 0.6 is 0 Å². The predicted octanol–water partition coefficient (Wildman–Crippen LogP) is 2.23. The molecule has 1 aliphatic carbocycles. The average molecular weight is 256 g/mol. The average Bonchev–Trinajstić information content (AvgIpc) is 2.95. The summed E-state index contributed by atoms with van der Waals surface area (Å²) in [5.74, 6) is 1.08. The second-order valence-corrected chi connectivity index (χ2v) is 6.02. The lowest BCUT2D eigenvalue weighted by Gasteiger charge is -2.33. The highest BCUT2D eigenvalue weighted by Crippen LogP contribution is 2.52. The lowest BCUT2D eigenvalue weighted by molar-refractivity contribution is 0.167. The molecule has 0 amide bonds. The standard InChI is InChI=1S/C15H20N4/c1-11-4-5-12(2)19(11)14-10-13-15(6-7-15)17(3)8-9-18(13)16-14/h4-5,10H,6-9H2,1-3H3. The molecule has 1 fully saturated rings. The van der Waals surface area contributed by atoms with Crippen LogP contribution in [0.2, 0.25) is 0 Å². The van der Waals surface area contributed by atoms with Crippen LogP contribution < -0.4 is 0 Å². The first-order valence-electron chi connectivity index (χ1n) is 7.07. The molecule has 4 rings (SSSR count). The second kappa shape index (κ2) is 3.51. The van der Waals surface area contributed by atoms with Crippen LogP contribution in [-0.4, -0.2) is 32.8 Å². The third-order valence-electron chi connectivity index (χ3n) is 4.85. The van der Waals surface area contributed by atoms with Gasteiger partial charge in [-0.15, -0.1) is 0 Å². The lowest BCUT2D eigenvalue weighted by Crippen LogP contribution is -2.41. The van der Waals surface area contributed by atoms with Gasteiger partial charge in [0.1, 0.15) is 0 Å². The van der Waals surface area contributed by atoms with E-state index >= 15 is 0 Å². The quantitative estimate of drug-likeness (QED) is 0.782. The van der Waals surface area contributed by atoms with Gasteiger partial charge < -0.3 is 4.57 Å². The summed E-state index contributed by atoms with van der Waals surface area (Å²) in [5.41, 5.74) is 4.21. The Balaban J connectivity index is 1.86. The van der Waals surface area contributed by atoms with E-state index in [9.17, 15) is 0 Å². The number of likely N-dealkylation sites (N-methyl/N-ethyl adjacent to an activating group) is 1. The number of nitrogens with zero attached hydrogens (tertiary/aromatic N) is 4. The van der Waals surface area contributed by atoms with Crippen molar-refractivity contribution in [1.29, 1.82) is 0 Å². The molecule has 2 aromatic rings. The second-order valence-electron chi connectivity index (χ2n) is 6.02. The van der Waals surface area contributed by atoms with E-state index in [0.29, 0.717) is 5.54 Å². The fourth-order valence-electron chi connectivity index (χ4n) is 3.50. The Hall–Kier alpha value is -1.55. The van der Waals surface area contributed by atoms with Gasteiger partial charge in [-0.05, 0) is 45.9 Å². The van der Waals surface area contributed by atoms with Gasteiger partial charge in [0.05, 0.1) is 17.8 Å². The summed E-state index contributed by atoms with van der Waals surface area (Å²) in [7, 11) is 2.25. The third-order valence-corrected chi connectivity index (χ3v) is 4.85. The zero-order chi connectivity index (χ0) is 13.2. The van der Waals surface area contributed by atoms with Gasteiger partial charge in [-0.1, -0.05) is 0 Å². The maximum Gasteiger partial charge on any atom is 0.159 e. The summed E-state index contributed by atoms with van der Waals surface area (Å²) < 4.78 is 4.47. The monoisotopic (exact) mass is 256 g/mol. The summed E-state index contributed by atoms with van der Waals surface area (Å²) in [4.78, 5) is 2.50. The van der Waals surface area contributed by atoms with Gasteiger partial charge in [-0.25, -0.2) is 0 Å². The minimum absolute atomic E-state index is 0.290. The van der Waals surface area contributed by atoms with E-state index in [-0.39, 0.29) is 0 Å². The Kier molecular flexibility index (Phi) is 2.09. The van der Waals surface area contributed by atoms with Crippen LogP contribution in [0, 0.1) is 13.8 Å². The van der Waals surface area contributed by atoms with E-state index in [1.807, 2.05) is 0 Å². The molecule has 0 unspecified atom stereocenters.